The van der Waals surface area contributed by atoms with Crippen LogP contribution >= 0.6 is 0 Å². The maximum absolute atomic E-state index is 11.3. The molecule has 1 rings (SSSR count). The predicted octanol–water partition coefficient (Wildman–Crippen LogP) is 0.0678. The molecular formula is C8H18N2O2S. The van der Waals surface area contributed by atoms with Crippen LogP contribution in [0.2, 0.25) is 0 Å². The highest BCUT2D eigenvalue weighted by molar-refractivity contribution is 7.90. The summed E-state index contributed by atoms with van der Waals surface area (Å²) in [6.07, 6.45) is 2.53. The van der Waals surface area contributed by atoms with Crippen molar-refractivity contribution in [3.8, 4) is 0 Å². The van der Waals surface area contributed by atoms with Crippen LogP contribution in [0.15, 0.2) is 0 Å². The lowest BCUT2D eigenvalue weighted by molar-refractivity contribution is 0.574. The second-order valence-corrected chi connectivity index (χ2v) is 5.39. The Kier molecular flexibility index (Phi) is 4.15. The van der Waals surface area contributed by atoms with E-state index < -0.39 is 10.0 Å². The van der Waals surface area contributed by atoms with Gasteiger partial charge >= 0.3 is 0 Å². The SMILES string of the molecule is CCNCCCNS(=O)(=O)C1CC1. The Labute approximate surface area is 80.1 Å². The molecule has 0 radical (unpaired) electrons. The van der Waals surface area contributed by atoms with Crippen molar-refractivity contribution in [2.75, 3.05) is 19.6 Å². The van der Waals surface area contributed by atoms with Gasteiger partial charge in [0, 0.05) is 6.54 Å². The molecule has 1 aliphatic rings. The molecule has 0 spiro atoms. The molecule has 1 fully saturated rings. The zero-order valence-corrected chi connectivity index (χ0v) is 8.86. The average Bonchev–Trinajstić information content (AvgIpc) is 2.86. The highest BCUT2D eigenvalue weighted by Gasteiger charge is 2.34. The molecule has 0 aliphatic heterocycles. The van der Waals surface area contributed by atoms with Gasteiger partial charge in [0.2, 0.25) is 10.0 Å². The fraction of sp³-hybridized carbons (Fsp3) is 1.00. The first-order valence-electron chi connectivity index (χ1n) is 4.86. The summed E-state index contributed by atoms with van der Waals surface area (Å²) in [6.45, 7) is 4.42. The van der Waals surface area contributed by atoms with E-state index in [-0.39, 0.29) is 5.25 Å². The van der Waals surface area contributed by atoms with Crippen molar-refractivity contribution < 1.29 is 8.42 Å². The highest BCUT2D eigenvalue weighted by Crippen LogP contribution is 2.27. The van der Waals surface area contributed by atoms with Crippen LogP contribution in [0.4, 0.5) is 0 Å². The van der Waals surface area contributed by atoms with Crippen molar-refractivity contribution in [2.45, 2.75) is 31.4 Å². The summed E-state index contributed by atoms with van der Waals surface area (Å²) in [7, 11) is -2.95. The van der Waals surface area contributed by atoms with Crippen molar-refractivity contribution >= 4 is 10.0 Å². The normalized spacial score (nSPS) is 17.6. The van der Waals surface area contributed by atoms with Gasteiger partial charge in [-0.25, -0.2) is 13.1 Å². The van der Waals surface area contributed by atoms with E-state index in [0.717, 1.165) is 32.4 Å². The van der Waals surface area contributed by atoms with E-state index in [2.05, 4.69) is 10.0 Å². The van der Waals surface area contributed by atoms with E-state index in [0.29, 0.717) is 6.54 Å². The van der Waals surface area contributed by atoms with Gasteiger partial charge in [0.05, 0.1) is 5.25 Å². The number of nitrogens with one attached hydrogen (secondary N) is 2. The summed E-state index contributed by atoms with van der Waals surface area (Å²) in [6, 6.07) is 0. The number of sulfonamides is 1. The van der Waals surface area contributed by atoms with Gasteiger partial charge in [-0.05, 0) is 32.4 Å². The second kappa shape index (κ2) is 4.93. The first-order chi connectivity index (χ1) is 6.17. The standard InChI is InChI=1S/C8H18N2O2S/c1-2-9-6-3-7-10-13(11,12)8-4-5-8/h8-10H,2-7H2,1H3. The quantitative estimate of drug-likeness (QED) is 0.579. The zero-order chi connectivity index (χ0) is 9.73. The molecule has 0 atom stereocenters. The Bertz CT molecular complexity index is 235. The van der Waals surface area contributed by atoms with Crippen molar-refractivity contribution in [1.29, 1.82) is 0 Å². The monoisotopic (exact) mass is 206 g/mol. The van der Waals surface area contributed by atoms with E-state index in [9.17, 15) is 8.42 Å². The van der Waals surface area contributed by atoms with E-state index in [4.69, 9.17) is 0 Å². The lowest BCUT2D eigenvalue weighted by atomic mass is 10.4. The fourth-order valence-corrected chi connectivity index (χ4v) is 2.52. The molecule has 0 aromatic carbocycles. The van der Waals surface area contributed by atoms with Crippen molar-refractivity contribution in [1.82, 2.24) is 10.0 Å². The molecule has 0 amide bonds. The Hall–Kier alpha value is -0.130. The van der Waals surface area contributed by atoms with Crippen LogP contribution in [0.3, 0.4) is 0 Å². The van der Waals surface area contributed by atoms with Crippen molar-refractivity contribution in [3.63, 3.8) is 0 Å². The van der Waals surface area contributed by atoms with Crippen LogP contribution in [0.5, 0.6) is 0 Å². The minimum absolute atomic E-state index is 0.0911. The molecule has 0 bridgehead atoms. The van der Waals surface area contributed by atoms with Crippen LogP contribution in [0.1, 0.15) is 26.2 Å². The van der Waals surface area contributed by atoms with Gasteiger partial charge in [-0.1, -0.05) is 6.92 Å². The third kappa shape index (κ3) is 4.06. The first-order valence-corrected chi connectivity index (χ1v) is 6.40. The van der Waals surface area contributed by atoms with Gasteiger partial charge in [-0.15, -0.1) is 0 Å². The van der Waals surface area contributed by atoms with Crippen LogP contribution in [-0.4, -0.2) is 33.3 Å². The summed E-state index contributed by atoms with van der Waals surface area (Å²) in [4.78, 5) is 0. The number of rotatable bonds is 7. The molecule has 5 heteroatoms. The van der Waals surface area contributed by atoms with Gasteiger partial charge < -0.3 is 5.32 Å². The van der Waals surface area contributed by atoms with Gasteiger partial charge in [0.25, 0.3) is 0 Å². The second-order valence-electron chi connectivity index (χ2n) is 3.35. The van der Waals surface area contributed by atoms with Crippen LogP contribution in [0.25, 0.3) is 0 Å². The molecule has 0 heterocycles. The van der Waals surface area contributed by atoms with E-state index in [1.54, 1.807) is 0 Å². The molecule has 4 nitrogen and oxygen atoms in total. The summed E-state index contributed by atoms with van der Waals surface area (Å²) >= 11 is 0. The van der Waals surface area contributed by atoms with Crippen molar-refractivity contribution in [3.05, 3.63) is 0 Å². The summed E-state index contributed by atoms with van der Waals surface area (Å²) in [5.74, 6) is 0. The molecule has 0 aromatic rings. The topological polar surface area (TPSA) is 58.2 Å². The van der Waals surface area contributed by atoms with Crippen LogP contribution in [-0.2, 0) is 10.0 Å². The summed E-state index contributed by atoms with van der Waals surface area (Å²) in [5, 5.41) is 3.05. The molecule has 0 unspecified atom stereocenters. The van der Waals surface area contributed by atoms with Crippen molar-refractivity contribution in [2.24, 2.45) is 0 Å². The molecule has 0 saturated heterocycles. The van der Waals surface area contributed by atoms with Gasteiger partial charge in [-0.3, -0.25) is 0 Å². The first kappa shape index (κ1) is 10.9. The minimum Gasteiger partial charge on any atom is -0.317 e. The Balaban J connectivity index is 2.04. The molecule has 13 heavy (non-hydrogen) atoms. The lowest BCUT2D eigenvalue weighted by Crippen LogP contribution is -2.30. The largest absolute Gasteiger partial charge is 0.317 e. The maximum atomic E-state index is 11.3. The maximum Gasteiger partial charge on any atom is 0.214 e. The summed E-state index contributed by atoms with van der Waals surface area (Å²) < 4.78 is 25.2. The predicted molar refractivity (Wildman–Crippen MR) is 53.1 cm³/mol. The number of hydrogen-bond acceptors (Lipinski definition) is 3. The third-order valence-electron chi connectivity index (χ3n) is 2.05. The van der Waals surface area contributed by atoms with Crippen LogP contribution < -0.4 is 10.0 Å². The molecule has 78 valence electrons. The Morgan fingerprint density at radius 3 is 2.54 bits per heavy atom. The van der Waals surface area contributed by atoms with Gasteiger partial charge in [0.1, 0.15) is 0 Å². The zero-order valence-electron chi connectivity index (χ0n) is 8.04. The molecule has 1 aliphatic carbocycles. The Morgan fingerprint density at radius 1 is 1.31 bits per heavy atom. The minimum atomic E-state index is -2.95. The van der Waals surface area contributed by atoms with E-state index >= 15 is 0 Å². The molecule has 2 N–H and O–H groups in total. The molecule has 1 saturated carbocycles. The summed E-state index contributed by atoms with van der Waals surface area (Å²) in [5.41, 5.74) is 0. The van der Waals surface area contributed by atoms with Gasteiger partial charge in [-0.2, -0.15) is 0 Å². The highest BCUT2D eigenvalue weighted by atomic mass is 32.2. The van der Waals surface area contributed by atoms with Gasteiger partial charge in [0.15, 0.2) is 0 Å². The number of hydrogen-bond donors (Lipinski definition) is 2. The average molecular weight is 206 g/mol. The van der Waals surface area contributed by atoms with E-state index in [1.807, 2.05) is 6.92 Å². The molecule has 0 aromatic heterocycles. The smallest absolute Gasteiger partial charge is 0.214 e. The van der Waals surface area contributed by atoms with E-state index in [1.165, 1.54) is 0 Å². The third-order valence-corrected chi connectivity index (χ3v) is 4.00. The molecular weight excluding hydrogens is 188 g/mol. The lowest BCUT2D eigenvalue weighted by Gasteiger charge is -2.04. The Morgan fingerprint density at radius 2 is 2.00 bits per heavy atom. The van der Waals surface area contributed by atoms with Crippen LogP contribution in [0, 0.1) is 0 Å². The fourth-order valence-electron chi connectivity index (χ4n) is 1.10.